The first-order valence-corrected chi connectivity index (χ1v) is 11.7. The number of aromatic nitrogens is 2. The van der Waals surface area contributed by atoms with Gasteiger partial charge in [-0.3, -0.25) is 9.78 Å². The van der Waals surface area contributed by atoms with Crippen LogP contribution in [0.2, 0.25) is 0 Å². The molecular weight excluding hydrogens is 419 g/mol. The molecule has 0 radical (unpaired) electrons. The van der Waals surface area contributed by atoms with Gasteiger partial charge >= 0.3 is 0 Å². The molecule has 1 aliphatic heterocycles. The first kappa shape index (κ1) is 20.1. The summed E-state index contributed by atoms with van der Waals surface area (Å²) >= 11 is 0. The van der Waals surface area contributed by atoms with E-state index in [0.717, 1.165) is 6.42 Å². The van der Waals surface area contributed by atoms with E-state index in [0.29, 0.717) is 47.1 Å². The lowest BCUT2D eigenvalue weighted by atomic mass is 10.1. The van der Waals surface area contributed by atoms with Gasteiger partial charge < -0.3 is 9.88 Å². The molecule has 2 atom stereocenters. The van der Waals surface area contributed by atoms with Crippen molar-refractivity contribution in [2.45, 2.75) is 24.8 Å². The molecule has 2 unspecified atom stereocenters. The minimum Gasteiger partial charge on any atom is -0.347 e. The Balaban J connectivity index is 1.40. The number of hydrogen-bond acceptors (Lipinski definition) is 4. The lowest BCUT2D eigenvalue weighted by Crippen LogP contribution is -2.30. The van der Waals surface area contributed by atoms with Crippen LogP contribution in [0.5, 0.6) is 0 Å². The lowest BCUT2D eigenvalue weighted by molar-refractivity contribution is 0.0942. The number of sulfonamides is 1. The third kappa shape index (κ3) is 3.32. The van der Waals surface area contributed by atoms with Crippen LogP contribution in [0.4, 0.5) is 4.39 Å². The average Bonchev–Trinajstić information content (AvgIpc) is 3.23. The monoisotopic (exact) mass is 442 g/mol. The molecule has 1 aliphatic carbocycles. The second-order valence-corrected chi connectivity index (χ2v) is 10.3. The van der Waals surface area contributed by atoms with Crippen LogP contribution in [0, 0.1) is 24.6 Å². The molecule has 1 amide bonds. The van der Waals surface area contributed by atoms with Gasteiger partial charge in [-0.05, 0) is 49.4 Å². The minimum atomic E-state index is -3.65. The van der Waals surface area contributed by atoms with Crippen molar-refractivity contribution in [1.82, 2.24) is 19.2 Å². The highest BCUT2D eigenvalue weighted by molar-refractivity contribution is 7.89. The van der Waals surface area contributed by atoms with Crippen molar-refractivity contribution in [3.63, 3.8) is 0 Å². The number of nitrogens with one attached hydrogen (secondary N) is 1. The molecule has 0 bridgehead atoms. The predicted octanol–water partition coefficient (Wildman–Crippen LogP) is 2.59. The van der Waals surface area contributed by atoms with E-state index in [2.05, 4.69) is 10.3 Å². The fourth-order valence-corrected chi connectivity index (χ4v) is 6.29. The Bertz CT molecular complexity index is 1310. The van der Waals surface area contributed by atoms with E-state index in [-0.39, 0.29) is 17.1 Å². The number of piperidine rings is 1. The smallest absolute Gasteiger partial charge is 0.268 e. The van der Waals surface area contributed by atoms with Crippen LogP contribution in [0.3, 0.4) is 0 Å². The van der Waals surface area contributed by atoms with E-state index in [1.165, 1.54) is 16.4 Å². The molecule has 1 saturated heterocycles. The number of nitrogens with zero attached hydrogens (tertiary/aromatic N) is 3. The fourth-order valence-electron chi connectivity index (χ4n) is 4.47. The SMILES string of the molecule is Cc1c(S(=O)(=O)N2CC3CC3C2)cc(C(=O)NCc2c(F)ccc3ncccc23)n1C. The molecule has 1 saturated carbocycles. The van der Waals surface area contributed by atoms with Crippen molar-refractivity contribution in [1.29, 1.82) is 0 Å². The quantitative estimate of drug-likeness (QED) is 0.658. The van der Waals surface area contributed by atoms with Gasteiger partial charge in [0.15, 0.2) is 0 Å². The molecule has 3 heterocycles. The van der Waals surface area contributed by atoms with Crippen molar-refractivity contribution in [2.75, 3.05) is 13.1 Å². The molecular formula is C22H23FN4O3S. The highest BCUT2D eigenvalue weighted by Crippen LogP contribution is 2.46. The Morgan fingerprint density at radius 2 is 2.00 bits per heavy atom. The van der Waals surface area contributed by atoms with E-state index in [4.69, 9.17) is 0 Å². The first-order valence-electron chi connectivity index (χ1n) is 10.2. The van der Waals surface area contributed by atoms with Gasteiger partial charge in [0.2, 0.25) is 10.0 Å². The van der Waals surface area contributed by atoms with Crippen LogP contribution in [0.25, 0.3) is 10.9 Å². The van der Waals surface area contributed by atoms with Gasteiger partial charge in [0.25, 0.3) is 5.91 Å². The van der Waals surface area contributed by atoms with E-state index in [1.54, 1.807) is 42.9 Å². The molecule has 2 aromatic heterocycles. The first-order chi connectivity index (χ1) is 14.8. The molecule has 2 aliphatic rings. The number of fused-ring (bicyclic) bond motifs is 2. The molecule has 9 heteroatoms. The molecule has 5 rings (SSSR count). The number of pyridine rings is 1. The number of carbonyl (C=O) groups is 1. The Morgan fingerprint density at radius 3 is 2.74 bits per heavy atom. The number of halogens is 1. The van der Waals surface area contributed by atoms with Crippen molar-refractivity contribution in [3.8, 4) is 0 Å². The zero-order valence-corrected chi connectivity index (χ0v) is 18.1. The summed E-state index contributed by atoms with van der Waals surface area (Å²) in [5.74, 6) is 0.0645. The summed E-state index contributed by atoms with van der Waals surface area (Å²) in [6.07, 6.45) is 2.73. The van der Waals surface area contributed by atoms with Gasteiger partial charge in [-0.25, -0.2) is 12.8 Å². The molecule has 3 aromatic rings. The maximum Gasteiger partial charge on any atom is 0.268 e. The van der Waals surface area contributed by atoms with Gasteiger partial charge in [0.05, 0.1) is 5.52 Å². The standard InChI is InChI=1S/C22H23FN4O3S/c1-13-21(31(29,30)27-11-14-8-15(14)12-27)9-20(26(13)2)22(28)25-10-17-16-4-3-7-24-19(16)6-5-18(17)23/h3-7,9,14-15H,8,10-12H2,1-2H3,(H,25,28). The molecule has 31 heavy (non-hydrogen) atoms. The second-order valence-electron chi connectivity index (χ2n) is 8.39. The lowest BCUT2D eigenvalue weighted by Gasteiger charge is -2.17. The van der Waals surface area contributed by atoms with Crippen LogP contribution >= 0.6 is 0 Å². The summed E-state index contributed by atoms with van der Waals surface area (Å²) in [4.78, 5) is 17.3. The Kier molecular flexibility index (Phi) is 4.63. The normalized spacial score (nSPS) is 20.7. The maximum atomic E-state index is 14.4. The summed E-state index contributed by atoms with van der Waals surface area (Å²) in [5.41, 5.74) is 1.71. The second kappa shape index (κ2) is 7.13. The number of benzene rings is 1. The number of hydrogen-bond donors (Lipinski definition) is 1. The van der Waals surface area contributed by atoms with Crippen LogP contribution in [0.1, 0.15) is 28.2 Å². The van der Waals surface area contributed by atoms with Crippen molar-refractivity contribution in [3.05, 3.63) is 59.3 Å². The summed E-state index contributed by atoms with van der Waals surface area (Å²) in [6, 6.07) is 7.81. The molecule has 1 aromatic carbocycles. The van der Waals surface area contributed by atoms with E-state index in [1.807, 2.05) is 0 Å². The van der Waals surface area contributed by atoms with Crippen LogP contribution in [0.15, 0.2) is 41.4 Å². The van der Waals surface area contributed by atoms with Gasteiger partial charge in [0.1, 0.15) is 16.4 Å². The van der Waals surface area contributed by atoms with Gasteiger partial charge in [-0.2, -0.15) is 4.31 Å². The topological polar surface area (TPSA) is 84.3 Å². The Hall–Kier alpha value is -2.78. The molecule has 7 nitrogen and oxygen atoms in total. The molecule has 162 valence electrons. The Morgan fingerprint density at radius 1 is 1.26 bits per heavy atom. The van der Waals surface area contributed by atoms with Gasteiger partial charge in [-0.15, -0.1) is 0 Å². The third-order valence-corrected chi connectivity index (χ3v) is 8.50. The largest absolute Gasteiger partial charge is 0.347 e. The molecule has 1 N–H and O–H groups in total. The van der Waals surface area contributed by atoms with Crippen molar-refractivity contribution >= 4 is 26.8 Å². The number of rotatable bonds is 5. The van der Waals surface area contributed by atoms with Crippen molar-refractivity contribution < 1.29 is 17.6 Å². The zero-order chi connectivity index (χ0) is 21.9. The molecule has 0 spiro atoms. The van der Waals surface area contributed by atoms with E-state index < -0.39 is 21.7 Å². The minimum absolute atomic E-state index is 0.0322. The number of amides is 1. The van der Waals surface area contributed by atoms with Crippen LogP contribution < -0.4 is 5.32 Å². The van der Waals surface area contributed by atoms with E-state index in [9.17, 15) is 17.6 Å². The molecule has 2 fully saturated rings. The highest BCUT2D eigenvalue weighted by Gasteiger charge is 2.49. The maximum absolute atomic E-state index is 14.4. The fraction of sp³-hybridized carbons (Fsp3) is 0.364. The highest BCUT2D eigenvalue weighted by atomic mass is 32.2. The summed E-state index contributed by atoms with van der Waals surface area (Å²) < 4.78 is 43.7. The number of carbonyl (C=O) groups excluding carboxylic acids is 1. The van der Waals surface area contributed by atoms with Gasteiger partial charge in [0, 0.05) is 49.5 Å². The summed E-state index contributed by atoms with van der Waals surface area (Å²) in [5, 5.41) is 3.36. The van der Waals surface area contributed by atoms with E-state index >= 15 is 0 Å². The van der Waals surface area contributed by atoms with Crippen molar-refractivity contribution in [2.24, 2.45) is 18.9 Å². The summed E-state index contributed by atoms with van der Waals surface area (Å²) in [6.45, 7) is 2.76. The Labute approximate surface area is 179 Å². The predicted molar refractivity (Wildman–Crippen MR) is 113 cm³/mol. The average molecular weight is 443 g/mol. The third-order valence-electron chi connectivity index (χ3n) is 6.55. The summed E-state index contributed by atoms with van der Waals surface area (Å²) in [7, 11) is -1.99. The van der Waals surface area contributed by atoms with Crippen LogP contribution in [-0.2, 0) is 23.6 Å². The van der Waals surface area contributed by atoms with Crippen LogP contribution in [-0.4, -0.2) is 41.3 Å². The zero-order valence-electron chi connectivity index (χ0n) is 17.3. The van der Waals surface area contributed by atoms with Gasteiger partial charge in [-0.1, -0.05) is 6.07 Å².